The highest BCUT2D eigenvalue weighted by Crippen LogP contribution is 2.32. The average Bonchev–Trinajstić information content (AvgIpc) is 3.12. The highest BCUT2D eigenvalue weighted by Gasteiger charge is 2.23. The largest absolute Gasteiger partial charge is 0.396 e. The molecule has 0 unspecified atom stereocenters. The fraction of sp³-hybridized carbons (Fsp3) is 0.286. The van der Waals surface area contributed by atoms with Crippen LogP contribution in [-0.4, -0.2) is 26.4 Å². The third-order valence-electron chi connectivity index (χ3n) is 5.42. The Hall–Kier alpha value is -3.22. The number of hydrogen-bond acceptors (Lipinski definition) is 5. The van der Waals surface area contributed by atoms with Gasteiger partial charge in [0.05, 0.1) is 5.69 Å². The molecule has 0 fully saturated rings. The van der Waals surface area contributed by atoms with Crippen LogP contribution in [0.2, 0.25) is 0 Å². The molecule has 0 saturated carbocycles. The topological polar surface area (TPSA) is 72.3 Å². The Labute approximate surface area is 161 Å². The van der Waals surface area contributed by atoms with Crippen LogP contribution < -0.4 is 10.6 Å². The minimum atomic E-state index is -0.344. The van der Waals surface area contributed by atoms with Crippen molar-refractivity contribution in [2.75, 3.05) is 17.2 Å². The predicted octanol–water partition coefficient (Wildman–Crippen LogP) is 3.68. The van der Waals surface area contributed by atoms with Crippen molar-refractivity contribution in [1.82, 2.24) is 19.8 Å². The van der Waals surface area contributed by atoms with E-state index in [0.29, 0.717) is 6.54 Å². The summed E-state index contributed by atoms with van der Waals surface area (Å²) in [6.45, 7) is 5.57. The third-order valence-corrected chi connectivity index (χ3v) is 5.42. The molecule has 2 N–H and O–H groups in total. The van der Waals surface area contributed by atoms with E-state index >= 15 is 0 Å². The van der Waals surface area contributed by atoms with Crippen LogP contribution >= 0.6 is 0 Å². The maximum Gasteiger partial charge on any atom is 0.185 e. The second-order valence-electron chi connectivity index (χ2n) is 7.63. The second kappa shape index (κ2) is 6.15. The van der Waals surface area contributed by atoms with Crippen molar-refractivity contribution in [2.45, 2.75) is 32.7 Å². The van der Waals surface area contributed by atoms with Gasteiger partial charge in [0.2, 0.25) is 0 Å². The number of halogens is 1. The molecule has 0 spiro atoms. The van der Waals surface area contributed by atoms with E-state index in [-0.39, 0.29) is 17.4 Å². The minimum Gasteiger partial charge on any atom is -0.396 e. The van der Waals surface area contributed by atoms with Gasteiger partial charge in [0.15, 0.2) is 17.3 Å². The van der Waals surface area contributed by atoms with Crippen molar-refractivity contribution in [3.8, 4) is 0 Å². The molecule has 0 amide bonds. The summed E-state index contributed by atoms with van der Waals surface area (Å²) in [4.78, 5) is 2.23. The second-order valence-corrected chi connectivity index (χ2v) is 7.63. The zero-order valence-electron chi connectivity index (χ0n) is 15.9. The van der Waals surface area contributed by atoms with E-state index in [0.717, 1.165) is 52.2 Å². The molecule has 0 aliphatic carbocycles. The fourth-order valence-corrected chi connectivity index (χ4v) is 3.95. The number of aromatic nitrogens is 4. The summed E-state index contributed by atoms with van der Waals surface area (Å²) in [6, 6.07) is 11.4. The zero-order chi connectivity index (χ0) is 19.4. The molecule has 3 heterocycles. The Morgan fingerprint density at radius 3 is 2.64 bits per heavy atom. The molecule has 1 aliphatic heterocycles. The molecule has 5 rings (SSSR count). The standard InChI is InChI=1S/C21H21FN6/c1-12(2)19-24-25-20-15-5-3-4-6-16(15)21(26-28(19)20)27-8-7-13-9-17(22)18(23)10-14(13)11-27/h3-6,9-10,12H,7-8,11,23H2,1-2H3. The minimum absolute atomic E-state index is 0.190. The number of rotatable bonds is 2. The molecule has 0 atom stereocenters. The van der Waals surface area contributed by atoms with E-state index in [9.17, 15) is 4.39 Å². The first-order valence-corrected chi connectivity index (χ1v) is 9.48. The van der Waals surface area contributed by atoms with Crippen molar-refractivity contribution in [3.63, 3.8) is 0 Å². The van der Waals surface area contributed by atoms with E-state index in [2.05, 4.69) is 41.1 Å². The molecule has 142 valence electrons. The number of nitrogen functional groups attached to an aromatic ring is 1. The first-order chi connectivity index (χ1) is 13.5. The predicted molar refractivity (Wildman–Crippen MR) is 108 cm³/mol. The van der Waals surface area contributed by atoms with Gasteiger partial charge >= 0.3 is 0 Å². The Morgan fingerprint density at radius 2 is 1.86 bits per heavy atom. The molecule has 2 aromatic heterocycles. The van der Waals surface area contributed by atoms with E-state index in [1.807, 2.05) is 16.6 Å². The average molecular weight is 376 g/mol. The SMILES string of the molecule is CC(C)c1nnc2c3ccccc3c(N3CCc4cc(F)c(N)cc4C3)nn12. The van der Waals surface area contributed by atoms with Crippen LogP contribution in [0.3, 0.4) is 0 Å². The van der Waals surface area contributed by atoms with E-state index in [1.54, 1.807) is 12.1 Å². The van der Waals surface area contributed by atoms with Gasteiger partial charge in [0.25, 0.3) is 0 Å². The van der Waals surface area contributed by atoms with Gasteiger partial charge in [-0.2, -0.15) is 4.52 Å². The molecule has 1 aliphatic rings. The van der Waals surface area contributed by atoms with Gasteiger partial charge in [0.1, 0.15) is 5.82 Å². The summed E-state index contributed by atoms with van der Waals surface area (Å²) in [5, 5.41) is 15.7. The number of benzene rings is 2. The molecule has 0 bridgehead atoms. The van der Waals surface area contributed by atoms with Gasteiger partial charge < -0.3 is 10.6 Å². The van der Waals surface area contributed by atoms with Crippen molar-refractivity contribution >= 4 is 27.9 Å². The Morgan fingerprint density at radius 1 is 1.07 bits per heavy atom. The monoisotopic (exact) mass is 376 g/mol. The number of nitrogens with zero attached hydrogens (tertiary/aromatic N) is 5. The van der Waals surface area contributed by atoms with Crippen LogP contribution in [0.25, 0.3) is 16.4 Å². The van der Waals surface area contributed by atoms with Crippen molar-refractivity contribution in [1.29, 1.82) is 0 Å². The van der Waals surface area contributed by atoms with E-state index in [1.165, 1.54) is 0 Å². The summed E-state index contributed by atoms with van der Waals surface area (Å²) in [5.41, 5.74) is 8.82. The lowest BCUT2D eigenvalue weighted by molar-refractivity contribution is 0.622. The van der Waals surface area contributed by atoms with Gasteiger partial charge in [-0.3, -0.25) is 0 Å². The molecule has 0 saturated heterocycles. The highest BCUT2D eigenvalue weighted by molar-refractivity contribution is 6.00. The van der Waals surface area contributed by atoms with Crippen LogP contribution in [-0.2, 0) is 13.0 Å². The number of fused-ring (bicyclic) bond motifs is 4. The zero-order valence-corrected chi connectivity index (χ0v) is 15.9. The first kappa shape index (κ1) is 16.9. The fourth-order valence-electron chi connectivity index (χ4n) is 3.95. The molecular weight excluding hydrogens is 355 g/mol. The van der Waals surface area contributed by atoms with Crippen LogP contribution in [0.5, 0.6) is 0 Å². The number of anilines is 2. The molecule has 6 nitrogen and oxygen atoms in total. The summed E-state index contributed by atoms with van der Waals surface area (Å²) in [7, 11) is 0. The maximum atomic E-state index is 13.8. The summed E-state index contributed by atoms with van der Waals surface area (Å²) < 4.78 is 15.7. The first-order valence-electron chi connectivity index (χ1n) is 9.48. The van der Waals surface area contributed by atoms with E-state index < -0.39 is 0 Å². The van der Waals surface area contributed by atoms with Crippen molar-refractivity contribution in [2.24, 2.45) is 0 Å². The lowest BCUT2D eigenvalue weighted by Gasteiger charge is -2.31. The maximum absolute atomic E-state index is 13.8. The number of hydrogen-bond donors (Lipinski definition) is 1. The molecule has 0 radical (unpaired) electrons. The Balaban J connectivity index is 1.69. The smallest absolute Gasteiger partial charge is 0.185 e. The van der Waals surface area contributed by atoms with Crippen LogP contribution in [0.15, 0.2) is 36.4 Å². The molecule has 28 heavy (non-hydrogen) atoms. The van der Waals surface area contributed by atoms with Gasteiger partial charge in [-0.25, -0.2) is 4.39 Å². The van der Waals surface area contributed by atoms with E-state index in [4.69, 9.17) is 10.8 Å². The van der Waals surface area contributed by atoms with Gasteiger partial charge in [-0.1, -0.05) is 38.1 Å². The summed E-state index contributed by atoms with van der Waals surface area (Å²) in [6.07, 6.45) is 0.750. The van der Waals surface area contributed by atoms with Gasteiger partial charge in [0, 0.05) is 29.8 Å². The summed E-state index contributed by atoms with van der Waals surface area (Å²) in [5.74, 6) is 1.59. The third kappa shape index (κ3) is 2.50. The van der Waals surface area contributed by atoms with Crippen LogP contribution in [0, 0.1) is 5.82 Å². The lowest BCUT2D eigenvalue weighted by Crippen LogP contribution is -2.32. The molecular formula is C21H21FN6. The van der Waals surface area contributed by atoms with Crippen LogP contribution in [0.1, 0.15) is 36.7 Å². The van der Waals surface area contributed by atoms with Gasteiger partial charge in [-0.15, -0.1) is 15.3 Å². The molecule has 4 aromatic rings. The Bertz CT molecular complexity index is 1210. The Kier molecular flexibility index (Phi) is 3.72. The highest BCUT2D eigenvalue weighted by atomic mass is 19.1. The van der Waals surface area contributed by atoms with Crippen LogP contribution in [0.4, 0.5) is 15.9 Å². The normalized spacial score (nSPS) is 14.2. The lowest BCUT2D eigenvalue weighted by atomic mass is 9.98. The quantitative estimate of drug-likeness (QED) is 0.540. The summed E-state index contributed by atoms with van der Waals surface area (Å²) >= 11 is 0. The van der Waals surface area contributed by atoms with Gasteiger partial charge in [-0.05, 0) is 29.7 Å². The molecule has 7 heteroatoms. The molecule has 2 aromatic carbocycles. The van der Waals surface area contributed by atoms with Crippen molar-refractivity contribution < 1.29 is 4.39 Å². The van der Waals surface area contributed by atoms with Crippen molar-refractivity contribution in [3.05, 3.63) is 59.2 Å². The number of nitrogens with two attached hydrogens (primary N) is 1.